The summed E-state index contributed by atoms with van der Waals surface area (Å²) in [5.41, 5.74) is 1.06. The summed E-state index contributed by atoms with van der Waals surface area (Å²) in [4.78, 5) is 11.4. The lowest BCUT2D eigenvalue weighted by Crippen LogP contribution is -2.29. The van der Waals surface area contributed by atoms with Crippen molar-refractivity contribution in [2.75, 3.05) is 25.0 Å². The quantitative estimate of drug-likeness (QED) is 0.694. The lowest BCUT2D eigenvalue weighted by molar-refractivity contribution is -0.122. The minimum absolute atomic E-state index is 0.0329. The predicted molar refractivity (Wildman–Crippen MR) is 73.6 cm³/mol. The van der Waals surface area contributed by atoms with E-state index >= 15 is 0 Å². The SMILES string of the molecule is CC(C)OCCC(=O)NCCNc1ccccc1. The van der Waals surface area contributed by atoms with Gasteiger partial charge in [0.25, 0.3) is 0 Å². The molecule has 1 amide bonds. The second-order valence-corrected chi connectivity index (χ2v) is 4.31. The van der Waals surface area contributed by atoms with E-state index in [9.17, 15) is 4.79 Å². The van der Waals surface area contributed by atoms with Crippen molar-refractivity contribution in [3.05, 3.63) is 30.3 Å². The monoisotopic (exact) mass is 250 g/mol. The average molecular weight is 250 g/mol. The van der Waals surface area contributed by atoms with Crippen molar-refractivity contribution < 1.29 is 9.53 Å². The summed E-state index contributed by atoms with van der Waals surface area (Å²) < 4.78 is 5.31. The third kappa shape index (κ3) is 6.91. The molecule has 0 aliphatic rings. The first kappa shape index (κ1) is 14.5. The Balaban J connectivity index is 2.02. The van der Waals surface area contributed by atoms with Crippen LogP contribution in [0.4, 0.5) is 5.69 Å². The van der Waals surface area contributed by atoms with Crippen molar-refractivity contribution in [2.45, 2.75) is 26.4 Å². The molecule has 0 aliphatic carbocycles. The molecule has 0 atom stereocenters. The molecule has 18 heavy (non-hydrogen) atoms. The highest BCUT2D eigenvalue weighted by atomic mass is 16.5. The maximum atomic E-state index is 11.4. The van der Waals surface area contributed by atoms with Crippen LogP contribution >= 0.6 is 0 Å². The smallest absolute Gasteiger partial charge is 0.222 e. The van der Waals surface area contributed by atoms with Crippen LogP contribution in [0.25, 0.3) is 0 Å². The maximum Gasteiger partial charge on any atom is 0.222 e. The summed E-state index contributed by atoms with van der Waals surface area (Å²) in [6, 6.07) is 9.92. The number of hydrogen-bond acceptors (Lipinski definition) is 3. The van der Waals surface area contributed by atoms with Gasteiger partial charge in [0.15, 0.2) is 0 Å². The van der Waals surface area contributed by atoms with Gasteiger partial charge in [0.1, 0.15) is 0 Å². The van der Waals surface area contributed by atoms with Crippen molar-refractivity contribution in [3.63, 3.8) is 0 Å². The molecular formula is C14H22N2O2. The normalized spacial score (nSPS) is 10.4. The van der Waals surface area contributed by atoms with E-state index in [1.54, 1.807) is 0 Å². The number of anilines is 1. The third-order valence-corrected chi connectivity index (χ3v) is 2.33. The zero-order valence-corrected chi connectivity index (χ0v) is 11.1. The van der Waals surface area contributed by atoms with Crippen LogP contribution in [-0.2, 0) is 9.53 Å². The summed E-state index contributed by atoms with van der Waals surface area (Å²) >= 11 is 0. The molecule has 2 N–H and O–H groups in total. The number of carbonyl (C=O) groups excluding carboxylic acids is 1. The Kier molecular flexibility index (Phi) is 6.87. The molecule has 100 valence electrons. The molecule has 1 rings (SSSR count). The Hall–Kier alpha value is -1.55. The number of carbonyl (C=O) groups is 1. The lowest BCUT2D eigenvalue weighted by atomic mass is 10.3. The Morgan fingerprint density at radius 3 is 2.61 bits per heavy atom. The molecule has 0 unspecified atom stereocenters. The molecule has 0 aromatic heterocycles. The molecule has 0 saturated carbocycles. The van der Waals surface area contributed by atoms with Crippen LogP contribution < -0.4 is 10.6 Å². The largest absolute Gasteiger partial charge is 0.383 e. The molecule has 0 bridgehead atoms. The van der Waals surface area contributed by atoms with Crippen LogP contribution in [0.2, 0.25) is 0 Å². The highest BCUT2D eigenvalue weighted by molar-refractivity contribution is 5.75. The van der Waals surface area contributed by atoms with E-state index < -0.39 is 0 Å². The Bertz CT molecular complexity index is 339. The van der Waals surface area contributed by atoms with Crippen LogP contribution in [0.1, 0.15) is 20.3 Å². The van der Waals surface area contributed by atoms with Gasteiger partial charge in [-0.2, -0.15) is 0 Å². The van der Waals surface area contributed by atoms with Crippen molar-refractivity contribution in [1.82, 2.24) is 5.32 Å². The zero-order chi connectivity index (χ0) is 13.2. The van der Waals surface area contributed by atoms with E-state index in [0.29, 0.717) is 19.6 Å². The van der Waals surface area contributed by atoms with E-state index in [0.717, 1.165) is 12.2 Å². The van der Waals surface area contributed by atoms with Crippen LogP contribution in [-0.4, -0.2) is 31.7 Å². The molecule has 4 nitrogen and oxygen atoms in total. The molecule has 0 saturated heterocycles. The summed E-state index contributed by atoms with van der Waals surface area (Å²) in [6.07, 6.45) is 0.598. The number of hydrogen-bond donors (Lipinski definition) is 2. The van der Waals surface area contributed by atoms with Crippen LogP contribution in [0.5, 0.6) is 0 Å². The van der Waals surface area contributed by atoms with Gasteiger partial charge < -0.3 is 15.4 Å². The first-order valence-corrected chi connectivity index (χ1v) is 6.35. The van der Waals surface area contributed by atoms with E-state index in [4.69, 9.17) is 4.74 Å². The van der Waals surface area contributed by atoms with Gasteiger partial charge >= 0.3 is 0 Å². The molecule has 0 fully saturated rings. The van der Waals surface area contributed by atoms with Crippen molar-refractivity contribution in [2.24, 2.45) is 0 Å². The number of ether oxygens (including phenoxy) is 1. The molecule has 0 aliphatic heterocycles. The van der Waals surface area contributed by atoms with E-state index in [-0.39, 0.29) is 12.0 Å². The minimum Gasteiger partial charge on any atom is -0.383 e. The number of para-hydroxylation sites is 1. The lowest BCUT2D eigenvalue weighted by Gasteiger charge is -2.09. The fraction of sp³-hybridized carbons (Fsp3) is 0.500. The second kappa shape index (κ2) is 8.53. The summed E-state index contributed by atoms with van der Waals surface area (Å²) in [5.74, 6) is 0.0329. The van der Waals surface area contributed by atoms with Gasteiger partial charge in [-0.3, -0.25) is 4.79 Å². The second-order valence-electron chi connectivity index (χ2n) is 4.31. The Morgan fingerprint density at radius 2 is 1.94 bits per heavy atom. The van der Waals surface area contributed by atoms with Gasteiger partial charge in [-0.15, -0.1) is 0 Å². The van der Waals surface area contributed by atoms with Crippen LogP contribution in [0, 0.1) is 0 Å². The van der Waals surface area contributed by atoms with Gasteiger partial charge in [0.2, 0.25) is 5.91 Å². The van der Waals surface area contributed by atoms with E-state index in [1.165, 1.54) is 0 Å². The predicted octanol–water partition coefficient (Wildman–Crippen LogP) is 2.03. The van der Waals surface area contributed by atoms with Gasteiger partial charge in [0.05, 0.1) is 12.7 Å². The molecule has 0 heterocycles. The molecular weight excluding hydrogens is 228 g/mol. The third-order valence-electron chi connectivity index (χ3n) is 2.33. The topological polar surface area (TPSA) is 50.4 Å². The number of benzene rings is 1. The van der Waals surface area contributed by atoms with E-state index in [2.05, 4.69) is 10.6 Å². The highest BCUT2D eigenvalue weighted by Gasteiger charge is 2.01. The van der Waals surface area contributed by atoms with Gasteiger partial charge in [-0.05, 0) is 26.0 Å². The number of amides is 1. The number of rotatable bonds is 8. The highest BCUT2D eigenvalue weighted by Crippen LogP contribution is 2.03. The molecule has 1 aromatic rings. The van der Waals surface area contributed by atoms with Crippen LogP contribution in [0.15, 0.2) is 30.3 Å². The summed E-state index contributed by atoms with van der Waals surface area (Å²) in [6.45, 7) is 5.75. The summed E-state index contributed by atoms with van der Waals surface area (Å²) in [5, 5.41) is 6.07. The molecule has 0 radical (unpaired) electrons. The molecule has 1 aromatic carbocycles. The van der Waals surface area contributed by atoms with Crippen LogP contribution in [0.3, 0.4) is 0 Å². The van der Waals surface area contributed by atoms with Crippen molar-refractivity contribution in [3.8, 4) is 0 Å². The first-order valence-electron chi connectivity index (χ1n) is 6.35. The van der Waals surface area contributed by atoms with Gasteiger partial charge in [-0.25, -0.2) is 0 Å². The summed E-state index contributed by atoms with van der Waals surface area (Å²) in [7, 11) is 0. The van der Waals surface area contributed by atoms with Gasteiger partial charge in [0, 0.05) is 25.2 Å². The standard InChI is InChI=1S/C14H22N2O2/c1-12(2)18-11-8-14(17)16-10-9-15-13-6-4-3-5-7-13/h3-7,12,15H,8-11H2,1-2H3,(H,16,17). The fourth-order valence-electron chi connectivity index (χ4n) is 1.44. The van der Waals surface area contributed by atoms with Gasteiger partial charge in [-0.1, -0.05) is 18.2 Å². The molecule has 4 heteroatoms. The zero-order valence-electron chi connectivity index (χ0n) is 11.1. The van der Waals surface area contributed by atoms with Crippen molar-refractivity contribution >= 4 is 11.6 Å². The number of nitrogens with one attached hydrogen (secondary N) is 2. The minimum atomic E-state index is 0.0329. The Morgan fingerprint density at radius 1 is 1.22 bits per heavy atom. The van der Waals surface area contributed by atoms with E-state index in [1.807, 2.05) is 44.2 Å². The van der Waals surface area contributed by atoms with Crippen molar-refractivity contribution in [1.29, 1.82) is 0 Å². The first-order chi connectivity index (χ1) is 8.68. The maximum absolute atomic E-state index is 11.4. The average Bonchev–Trinajstić information content (AvgIpc) is 2.35. The molecule has 0 spiro atoms. The fourth-order valence-corrected chi connectivity index (χ4v) is 1.44. The Labute approximate surface area is 109 Å².